The molecule has 2 N–H and O–H groups in total. The number of rotatable bonds is 4. The summed E-state index contributed by atoms with van der Waals surface area (Å²) in [5.74, 6) is 1.49. The molecule has 0 aliphatic carbocycles. The van der Waals surface area contributed by atoms with Crippen LogP contribution < -0.4 is 15.8 Å². The van der Waals surface area contributed by atoms with Crippen molar-refractivity contribution >= 4 is 5.82 Å². The second-order valence-electron chi connectivity index (χ2n) is 4.93. The highest BCUT2D eigenvalue weighted by Gasteiger charge is 2.20. The number of hydrogen-bond donors (Lipinski definition) is 2. The normalized spacial score (nSPS) is 20.1. The fourth-order valence-corrected chi connectivity index (χ4v) is 2.43. The summed E-state index contributed by atoms with van der Waals surface area (Å²) >= 11 is 0. The summed E-state index contributed by atoms with van der Waals surface area (Å²) in [6.07, 6.45) is 3.51. The third-order valence-electron chi connectivity index (χ3n) is 3.27. The molecule has 2 rings (SSSR count). The molecule has 2 heterocycles. The number of aromatic amines is 1. The van der Waals surface area contributed by atoms with Crippen LogP contribution in [0.5, 0.6) is 0 Å². The maximum Gasteiger partial charge on any atom is 0.252 e. The van der Waals surface area contributed by atoms with Crippen LogP contribution in [0.2, 0.25) is 0 Å². The van der Waals surface area contributed by atoms with E-state index in [9.17, 15) is 4.79 Å². The first-order chi connectivity index (χ1) is 8.69. The number of nitrogens with zero attached hydrogens (tertiary/aromatic N) is 2. The molecule has 1 fully saturated rings. The average Bonchev–Trinajstić information content (AvgIpc) is 2.35. The molecule has 0 bridgehead atoms. The summed E-state index contributed by atoms with van der Waals surface area (Å²) in [6.45, 7) is 6.98. The fourth-order valence-electron chi connectivity index (χ4n) is 2.43. The van der Waals surface area contributed by atoms with E-state index in [1.807, 2.05) is 6.92 Å². The van der Waals surface area contributed by atoms with Crippen molar-refractivity contribution in [2.75, 3.05) is 24.5 Å². The van der Waals surface area contributed by atoms with Crippen molar-refractivity contribution in [2.45, 2.75) is 39.2 Å². The van der Waals surface area contributed by atoms with Crippen molar-refractivity contribution in [2.24, 2.45) is 0 Å². The van der Waals surface area contributed by atoms with Gasteiger partial charge in [-0.1, -0.05) is 6.92 Å². The Bertz CT molecular complexity index is 443. The van der Waals surface area contributed by atoms with Gasteiger partial charge in [-0.2, -0.15) is 0 Å². The van der Waals surface area contributed by atoms with Gasteiger partial charge >= 0.3 is 0 Å². The first-order valence-corrected chi connectivity index (χ1v) is 6.75. The summed E-state index contributed by atoms with van der Waals surface area (Å²) in [4.78, 5) is 20.8. The molecule has 18 heavy (non-hydrogen) atoms. The topological polar surface area (TPSA) is 61.0 Å². The largest absolute Gasteiger partial charge is 0.355 e. The van der Waals surface area contributed by atoms with Crippen LogP contribution in [0, 0.1) is 6.92 Å². The van der Waals surface area contributed by atoms with Crippen molar-refractivity contribution in [1.29, 1.82) is 0 Å². The van der Waals surface area contributed by atoms with E-state index in [4.69, 9.17) is 0 Å². The Labute approximate surface area is 108 Å². The average molecular weight is 250 g/mol. The van der Waals surface area contributed by atoms with E-state index >= 15 is 0 Å². The van der Waals surface area contributed by atoms with E-state index in [0.717, 1.165) is 38.3 Å². The van der Waals surface area contributed by atoms with Gasteiger partial charge < -0.3 is 15.2 Å². The Kier molecular flexibility index (Phi) is 4.36. The van der Waals surface area contributed by atoms with Crippen LogP contribution in [0.25, 0.3) is 0 Å². The minimum atomic E-state index is -0.0684. The minimum Gasteiger partial charge on any atom is -0.355 e. The molecule has 1 aromatic heterocycles. The third kappa shape index (κ3) is 3.32. The van der Waals surface area contributed by atoms with Crippen LogP contribution in [0.15, 0.2) is 10.9 Å². The SMILES string of the molecule is CCCNC1CCCN(c2cc(=O)[nH]c(C)n2)C1. The van der Waals surface area contributed by atoms with Crippen molar-refractivity contribution in [3.8, 4) is 0 Å². The van der Waals surface area contributed by atoms with Gasteiger partial charge in [0.2, 0.25) is 0 Å². The van der Waals surface area contributed by atoms with Gasteiger partial charge in [0, 0.05) is 25.2 Å². The molecule has 1 aliphatic rings. The summed E-state index contributed by atoms with van der Waals surface area (Å²) in [7, 11) is 0. The van der Waals surface area contributed by atoms with Gasteiger partial charge in [-0.05, 0) is 32.7 Å². The molecule has 5 heteroatoms. The molecule has 1 aliphatic heterocycles. The van der Waals surface area contributed by atoms with Crippen molar-refractivity contribution in [1.82, 2.24) is 15.3 Å². The van der Waals surface area contributed by atoms with Gasteiger partial charge in [0.1, 0.15) is 11.6 Å². The maximum absolute atomic E-state index is 11.5. The van der Waals surface area contributed by atoms with E-state index in [1.54, 1.807) is 6.07 Å². The molecule has 0 aromatic carbocycles. The predicted octanol–water partition coefficient (Wildman–Crippen LogP) is 1.05. The lowest BCUT2D eigenvalue weighted by Gasteiger charge is -2.34. The van der Waals surface area contributed by atoms with Crippen LogP contribution >= 0.6 is 0 Å². The van der Waals surface area contributed by atoms with Crippen LogP contribution in [0.4, 0.5) is 5.82 Å². The van der Waals surface area contributed by atoms with Gasteiger partial charge in [-0.3, -0.25) is 4.79 Å². The molecule has 0 radical (unpaired) electrons. The van der Waals surface area contributed by atoms with Crippen molar-refractivity contribution in [3.05, 3.63) is 22.2 Å². The number of aryl methyl sites for hydroxylation is 1. The summed E-state index contributed by atoms with van der Waals surface area (Å²) < 4.78 is 0. The predicted molar refractivity (Wildman–Crippen MR) is 73.1 cm³/mol. The zero-order chi connectivity index (χ0) is 13.0. The van der Waals surface area contributed by atoms with Gasteiger partial charge in [-0.15, -0.1) is 0 Å². The van der Waals surface area contributed by atoms with Crippen molar-refractivity contribution < 1.29 is 0 Å². The Morgan fingerprint density at radius 3 is 3.17 bits per heavy atom. The molecule has 100 valence electrons. The van der Waals surface area contributed by atoms with Crippen LogP contribution in [0.1, 0.15) is 32.0 Å². The third-order valence-corrected chi connectivity index (χ3v) is 3.27. The standard InChI is InChI=1S/C13H22N4O/c1-3-6-14-11-5-4-7-17(9-11)12-8-13(18)16-10(2)15-12/h8,11,14H,3-7,9H2,1-2H3,(H,15,16,18). The number of piperidine rings is 1. The van der Waals surface area contributed by atoms with Gasteiger partial charge in [-0.25, -0.2) is 4.98 Å². The quantitative estimate of drug-likeness (QED) is 0.838. The molecule has 0 saturated carbocycles. The summed E-state index contributed by atoms with van der Waals surface area (Å²) in [5.41, 5.74) is -0.0684. The summed E-state index contributed by atoms with van der Waals surface area (Å²) in [5, 5.41) is 3.54. The Hall–Kier alpha value is -1.36. The highest BCUT2D eigenvalue weighted by molar-refractivity contribution is 5.38. The number of anilines is 1. The molecule has 0 spiro atoms. The zero-order valence-electron chi connectivity index (χ0n) is 11.2. The lowest BCUT2D eigenvalue weighted by Crippen LogP contribution is -2.46. The van der Waals surface area contributed by atoms with E-state index < -0.39 is 0 Å². The first kappa shape index (κ1) is 13.1. The lowest BCUT2D eigenvalue weighted by molar-refractivity contribution is 0.421. The van der Waals surface area contributed by atoms with Gasteiger partial charge in [0.25, 0.3) is 5.56 Å². The van der Waals surface area contributed by atoms with Crippen LogP contribution in [-0.4, -0.2) is 35.6 Å². The molecule has 1 saturated heterocycles. The second-order valence-corrected chi connectivity index (χ2v) is 4.93. The van der Waals surface area contributed by atoms with E-state index in [-0.39, 0.29) is 5.56 Å². The Morgan fingerprint density at radius 2 is 2.44 bits per heavy atom. The number of aromatic nitrogens is 2. The number of hydrogen-bond acceptors (Lipinski definition) is 4. The Morgan fingerprint density at radius 1 is 1.61 bits per heavy atom. The number of nitrogens with one attached hydrogen (secondary N) is 2. The summed E-state index contributed by atoms with van der Waals surface area (Å²) in [6, 6.07) is 2.11. The van der Waals surface area contributed by atoms with E-state index in [0.29, 0.717) is 11.9 Å². The molecule has 1 aromatic rings. The molecule has 1 unspecified atom stereocenters. The minimum absolute atomic E-state index is 0.0684. The molecular formula is C13H22N4O. The fraction of sp³-hybridized carbons (Fsp3) is 0.692. The smallest absolute Gasteiger partial charge is 0.252 e. The van der Waals surface area contributed by atoms with E-state index in [2.05, 4.69) is 27.1 Å². The lowest BCUT2D eigenvalue weighted by atomic mass is 10.1. The highest BCUT2D eigenvalue weighted by Crippen LogP contribution is 2.16. The monoisotopic (exact) mass is 250 g/mol. The molecule has 1 atom stereocenters. The second kappa shape index (κ2) is 6.00. The van der Waals surface area contributed by atoms with Crippen LogP contribution in [-0.2, 0) is 0 Å². The highest BCUT2D eigenvalue weighted by atomic mass is 16.1. The Balaban J connectivity index is 2.05. The van der Waals surface area contributed by atoms with E-state index in [1.165, 1.54) is 6.42 Å². The van der Waals surface area contributed by atoms with Gasteiger partial charge in [0.05, 0.1) is 0 Å². The molecular weight excluding hydrogens is 228 g/mol. The molecule has 5 nitrogen and oxygen atoms in total. The van der Waals surface area contributed by atoms with Crippen molar-refractivity contribution in [3.63, 3.8) is 0 Å². The zero-order valence-corrected chi connectivity index (χ0v) is 11.2. The molecule has 0 amide bonds. The van der Waals surface area contributed by atoms with Gasteiger partial charge in [0.15, 0.2) is 0 Å². The number of H-pyrrole nitrogens is 1. The first-order valence-electron chi connectivity index (χ1n) is 6.75. The van der Waals surface area contributed by atoms with Crippen LogP contribution in [0.3, 0.4) is 0 Å². The maximum atomic E-state index is 11.5.